The van der Waals surface area contributed by atoms with E-state index >= 15 is 0 Å². The van der Waals surface area contributed by atoms with Crippen molar-refractivity contribution < 1.29 is 27.8 Å². The van der Waals surface area contributed by atoms with Crippen molar-refractivity contribution in [1.29, 1.82) is 0 Å². The Kier molecular flexibility index (Phi) is 6.19. The summed E-state index contributed by atoms with van der Waals surface area (Å²) in [6.07, 6.45) is -0.425. The van der Waals surface area contributed by atoms with Crippen LogP contribution in [0.4, 0.5) is 14.5 Å². The molecule has 1 unspecified atom stereocenters. The van der Waals surface area contributed by atoms with Crippen LogP contribution in [0.15, 0.2) is 24.3 Å². The first-order valence-electron chi connectivity index (χ1n) is 10.2. The van der Waals surface area contributed by atoms with E-state index in [1.807, 2.05) is 11.8 Å². The number of hydrogen-bond acceptors (Lipinski definition) is 7. The van der Waals surface area contributed by atoms with E-state index in [1.165, 1.54) is 19.2 Å². The van der Waals surface area contributed by atoms with Crippen LogP contribution in [0.25, 0.3) is 0 Å². The maximum atomic E-state index is 14.9. The topological polar surface area (TPSA) is 105 Å². The molecule has 4 rings (SSSR count). The summed E-state index contributed by atoms with van der Waals surface area (Å²) in [5.41, 5.74) is 5.14. The number of hydrogen-bond donors (Lipinski definition) is 3. The van der Waals surface area contributed by atoms with Gasteiger partial charge in [-0.2, -0.15) is 4.39 Å². The lowest BCUT2D eigenvalue weighted by Crippen LogP contribution is -2.53. The Labute approximate surface area is 183 Å². The molecular weight excluding hydrogens is 424 g/mol. The van der Waals surface area contributed by atoms with E-state index in [9.17, 15) is 18.4 Å². The number of nitrogens with zero attached hydrogens (tertiary/aromatic N) is 2. The van der Waals surface area contributed by atoms with Gasteiger partial charge in [0.2, 0.25) is 0 Å². The van der Waals surface area contributed by atoms with Crippen LogP contribution < -0.4 is 25.6 Å². The Morgan fingerprint density at radius 2 is 2.09 bits per heavy atom. The zero-order valence-electron chi connectivity index (χ0n) is 17.6. The molecule has 2 amide bonds. The minimum absolute atomic E-state index is 0.0547. The van der Waals surface area contributed by atoms with Gasteiger partial charge in [-0.05, 0) is 24.6 Å². The Balaban J connectivity index is 1.34. The van der Waals surface area contributed by atoms with Gasteiger partial charge in [0.15, 0.2) is 17.7 Å². The molecule has 1 atom stereocenters. The first kappa shape index (κ1) is 21.9. The third kappa shape index (κ3) is 4.34. The highest BCUT2D eigenvalue weighted by Crippen LogP contribution is 2.35. The van der Waals surface area contributed by atoms with Gasteiger partial charge < -0.3 is 14.8 Å². The number of halogens is 2. The summed E-state index contributed by atoms with van der Waals surface area (Å²) in [5.74, 6) is -2.07. The molecule has 0 radical (unpaired) electrons. The average Bonchev–Trinajstić information content (AvgIpc) is 2.75. The number of fused-ring (bicyclic) bond motifs is 1. The number of benzene rings is 1. The Bertz CT molecular complexity index is 1050. The fourth-order valence-electron chi connectivity index (χ4n) is 3.58. The third-order valence-electron chi connectivity index (χ3n) is 5.26. The average molecular weight is 447 g/mol. The number of hydrazine groups is 1. The second-order valence-electron chi connectivity index (χ2n) is 7.54. The molecule has 0 aliphatic carbocycles. The van der Waals surface area contributed by atoms with Gasteiger partial charge in [0.05, 0.1) is 0 Å². The molecule has 170 valence electrons. The molecule has 2 aromatic rings. The van der Waals surface area contributed by atoms with Crippen molar-refractivity contribution in [2.45, 2.75) is 32.1 Å². The molecule has 32 heavy (non-hydrogen) atoms. The molecule has 9 nitrogen and oxygen atoms in total. The normalized spacial score (nSPS) is 18.2. The molecule has 0 spiro atoms. The summed E-state index contributed by atoms with van der Waals surface area (Å²) >= 11 is 0. The first-order chi connectivity index (χ1) is 15.4. The van der Waals surface area contributed by atoms with Crippen molar-refractivity contribution in [3.05, 3.63) is 47.3 Å². The van der Waals surface area contributed by atoms with Gasteiger partial charge >= 0.3 is 0 Å². The molecule has 1 saturated heterocycles. The summed E-state index contributed by atoms with van der Waals surface area (Å²) in [6, 6.07) is 6.00. The molecule has 1 fully saturated rings. The molecule has 3 heterocycles. The second kappa shape index (κ2) is 9.05. The molecule has 0 saturated carbocycles. The standard InChI is InChI=1S/C21H23F2N5O4/c1-3-14-21(30)26-18-15(32-14)6-4-11(17(18)22)8-28-9-12(10-28)31-16-7-5-13(25-19(16)23)20(29)27-24-2/h4-7,12,14,24H,3,8-10H2,1-2H3,(H,26,30)(H,27,29). The van der Waals surface area contributed by atoms with Crippen LogP contribution in [0, 0.1) is 11.8 Å². The quantitative estimate of drug-likeness (QED) is 0.437. The molecule has 2 aliphatic rings. The minimum atomic E-state index is -0.881. The molecule has 0 bridgehead atoms. The van der Waals surface area contributed by atoms with Gasteiger partial charge in [-0.1, -0.05) is 13.0 Å². The van der Waals surface area contributed by atoms with Crippen molar-refractivity contribution in [2.75, 3.05) is 25.5 Å². The van der Waals surface area contributed by atoms with Gasteiger partial charge in [0.25, 0.3) is 17.8 Å². The monoisotopic (exact) mass is 447 g/mol. The number of pyridine rings is 1. The van der Waals surface area contributed by atoms with E-state index in [2.05, 4.69) is 21.2 Å². The van der Waals surface area contributed by atoms with Crippen molar-refractivity contribution in [3.8, 4) is 11.5 Å². The van der Waals surface area contributed by atoms with E-state index in [4.69, 9.17) is 9.47 Å². The number of amides is 2. The lowest BCUT2D eigenvalue weighted by Gasteiger charge is -2.39. The van der Waals surface area contributed by atoms with Crippen LogP contribution in [-0.2, 0) is 11.3 Å². The summed E-state index contributed by atoms with van der Waals surface area (Å²) in [6.45, 7) is 3.03. The summed E-state index contributed by atoms with van der Waals surface area (Å²) < 4.78 is 40.2. The zero-order chi connectivity index (χ0) is 22.8. The van der Waals surface area contributed by atoms with Crippen LogP contribution in [0.2, 0.25) is 0 Å². The highest BCUT2D eigenvalue weighted by molar-refractivity contribution is 5.98. The van der Waals surface area contributed by atoms with Gasteiger partial charge in [-0.15, -0.1) is 0 Å². The van der Waals surface area contributed by atoms with Gasteiger partial charge in [0.1, 0.15) is 23.2 Å². The predicted octanol–water partition coefficient (Wildman–Crippen LogP) is 1.60. The largest absolute Gasteiger partial charge is 0.483 e. The van der Waals surface area contributed by atoms with Crippen LogP contribution in [0.3, 0.4) is 0 Å². The molecule has 11 heteroatoms. The zero-order valence-corrected chi connectivity index (χ0v) is 17.6. The van der Waals surface area contributed by atoms with Crippen molar-refractivity contribution in [2.24, 2.45) is 0 Å². The fraction of sp³-hybridized carbons (Fsp3) is 0.381. The van der Waals surface area contributed by atoms with E-state index < -0.39 is 23.8 Å². The van der Waals surface area contributed by atoms with Gasteiger partial charge in [-0.25, -0.2) is 14.8 Å². The van der Waals surface area contributed by atoms with E-state index in [0.29, 0.717) is 37.4 Å². The number of aromatic nitrogens is 1. The fourth-order valence-corrected chi connectivity index (χ4v) is 3.58. The molecular formula is C21H23F2N5O4. The molecule has 1 aromatic carbocycles. The molecule has 3 N–H and O–H groups in total. The summed E-state index contributed by atoms with van der Waals surface area (Å²) in [4.78, 5) is 29.2. The number of rotatable bonds is 7. The van der Waals surface area contributed by atoms with Crippen molar-refractivity contribution in [1.82, 2.24) is 20.7 Å². The maximum Gasteiger partial charge on any atom is 0.284 e. The minimum Gasteiger partial charge on any atom is -0.483 e. The SMILES string of the molecule is CCC1Oc2ccc(CN3CC(Oc4ccc(C(=O)NNC)nc4F)C3)c(F)c2NC1=O. The summed E-state index contributed by atoms with van der Waals surface area (Å²) in [7, 11) is 1.51. The molecule has 1 aromatic heterocycles. The van der Waals surface area contributed by atoms with Gasteiger partial charge in [-0.3, -0.25) is 19.9 Å². The van der Waals surface area contributed by atoms with E-state index in [0.717, 1.165) is 0 Å². The number of anilines is 1. The number of likely N-dealkylation sites (tertiary alicyclic amines) is 1. The number of ether oxygens (including phenoxy) is 2. The van der Waals surface area contributed by atoms with E-state index in [-0.39, 0.29) is 29.1 Å². The lowest BCUT2D eigenvalue weighted by molar-refractivity contribution is -0.123. The van der Waals surface area contributed by atoms with Crippen molar-refractivity contribution >= 4 is 17.5 Å². The smallest absolute Gasteiger partial charge is 0.284 e. The lowest BCUT2D eigenvalue weighted by atomic mass is 10.1. The summed E-state index contributed by atoms with van der Waals surface area (Å²) in [5, 5.41) is 2.58. The Morgan fingerprint density at radius 3 is 2.78 bits per heavy atom. The number of carbonyl (C=O) groups is 2. The van der Waals surface area contributed by atoms with Crippen LogP contribution in [0.1, 0.15) is 29.4 Å². The Morgan fingerprint density at radius 1 is 1.31 bits per heavy atom. The third-order valence-corrected chi connectivity index (χ3v) is 5.26. The number of nitrogens with one attached hydrogen (secondary N) is 3. The second-order valence-corrected chi connectivity index (χ2v) is 7.54. The van der Waals surface area contributed by atoms with Crippen molar-refractivity contribution in [3.63, 3.8) is 0 Å². The van der Waals surface area contributed by atoms with Crippen LogP contribution >= 0.6 is 0 Å². The highest BCUT2D eigenvalue weighted by atomic mass is 19.1. The van der Waals surface area contributed by atoms with Crippen LogP contribution in [-0.4, -0.2) is 54.0 Å². The molecule has 2 aliphatic heterocycles. The van der Waals surface area contributed by atoms with E-state index in [1.54, 1.807) is 12.1 Å². The Hall–Kier alpha value is -3.31. The highest BCUT2D eigenvalue weighted by Gasteiger charge is 2.32. The number of carbonyl (C=O) groups excluding carboxylic acids is 2. The van der Waals surface area contributed by atoms with Gasteiger partial charge in [0, 0.05) is 32.2 Å². The predicted molar refractivity (Wildman–Crippen MR) is 110 cm³/mol. The van der Waals surface area contributed by atoms with Crippen LogP contribution in [0.5, 0.6) is 11.5 Å². The first-order valence-corrected chi connectivity index (χ1v) is 10.2. The maximum absolute atomic E-state index is 14.9.